The molecule has 2 fully saturated rings. The number of amides is 1. The number of likely N-dealkylation sites (tertiary alicyclic amines) is 1. The summed E-state index contributed by atoms with van der Waals surface area (Å²) in [4.78, 5) is 24.7. The van der Waals surface area contributed by atoms with Crippen LogP contribution in [0, 0.1) is 5.92 Å². The second kappa shape index (κ2) is 3.07. The van der Waals surface area contributed by atoms with Crippen molar-refractivity contribution in [1.29, 1.82) is 0 Å². The Morgan fingerprint density at radius 2 is 2.29 bits per heavy atom. The molecule has 3 nitrogen and oxygen atoms in total. The third-order valence-corrected chi connectivity index (χ3v) is 3.96. The van der Waals surface area contributed by atoms with Crippen molar-refractivity contribution in [2.75, 3.05) is 6.54 Å². The predicted octanol–water partition coefficient (Wildman–Crippen LogP) is 1.37. The minimum absolute atomic E-state index is 0.0280. The lowest BCUT2D eigenvalue weighted by Crippen LogP contribution is -2.50. The van der Waals surface area contributed by atoms with Gasteiger partial charge in [0.1, 0.15) is 5.78 Å². The van der Waals surface area contributed by atoms with Crippen molar-refractivity contribution in [3.8, 4) is 0 Å². The van der Waals surface area contributed by atoms with Crippen molar-refractivity contribution in [3.63, 3.8) is 0 Å². The van der Waals surface area contributed by atoms with Crippen molar-refractivity contribution in [1.82, 2.24) is 4.90 Å². The maximum absolute atomic E-state index is 11.4. The summed E-state index contributed by atoms with van der Waals surface area (Å²) in [5.41, 5.74) is -0.0280. The Balaban J connectivity index is 2.22. The Kier molecular flexibility index (Phi) is 2.13. The van der Waals surface area contributed by atoms with Gasteiger partial charge in [0, 0.05) is 31.8 Å². The highest BCUT2D eigenvalue weighted by Gasteiger charge is 2.48. The van der Waals surface area contributed by atoms with E-state index in [1.54, 1.807) is 6.92 Å². The zero-order chi connectivity index (χ0) is 10.3. The smallest absolute Gasteiger partial charge is 0.219 e. The number of carbonyl (C=O) groups is 2. The molecular formula is C11H17NO2. The summed E-state index contributed by atoms with van der Waals surface area (Å²) < 4.78 is 0. The van der Waals surface area contributed by atoms with E-state index in [1.165, 1.54) is 0 Å². The van der Waals surface area contributed by atoms with Crippen LogP contribution in [-0.2, 0) is 9.59 Å². The number of hydrogen-bond acceptors (Lipinski definition) is 2. The first-order chi connectivity index (χ1) is 6.54. The molecular weight excluding hydrogens is 178 g/mol. The topological polar surface area (TPSA) is 37.4 Å². The second-order valence-corrected chi connectivity index (χ2v) is 4.76. The number of carbonyl (C=O) groups excluding carboxylic acids is 2. The van der Waals surface area contributed by atoms with Gasteiger partial charge in [-0.15, -0.1) is 0 Å². The van der Waals surface area contributed by atoms with Crippen molar-refractivity contribution in [2.45, 2.75) is 45.1 Å². The minimum Gasteiger partial charge on any atom is -0.337 e. The Morgan fingerprint density at radius 3 is 2.93 bits per heavy atom. The largest absolute Gasteiger partial charge is 0.337 e. The van der Waals surface area contributed by atoms with E-state index in [0.717, 1.165) is 19.4 Å². The highest BCUT2D eigenvalue weighted by Crippen LogP contribution is 2.43. The molecule has 1 saturated carbocycles. The molecule has 1 heterocycles. The molecule has 1 aliphatic carbocycles. The summed E-state index contributed by atoms with van der Waals surface area (Å²) in [5, 5.41) is 0. The van der Waals surface area contributed by atoms with Crippen LogP contribution < -0.4 is 0 Å². The molecule has 2 rings (SSSR count). The van der Waals surface area contributed by atoms with Gasteiger partial charge in [0.25, 0.3) is 0 Å². The molecule has 3 heteroatoms. The fourth-order valence-corrected chi connectivity index (χ4v) is 3.02. The van der Waals surface area contributed by atoms with Crippen LogP contribution in [0.25, 0.3) is 0 Å². The summed E-state index contributed by atoms with van der Waals surface area (Å²) in [7, 11) is 0. The zero-order valence-corrected chi connectivity index (χ0v) is 8.88. The number of nitrogens with zero attached hydrogens (tertiary/aromatic N) is 1. The van der Waals surface area contributed by atoms with Crippen LogP contribution in [0.3, 0.4) is 0 Å². The minimum atomic E-state index is -0.0280. The summed E-state index contributed by atoms with van der Waals surface area (Å²) in [6.07, 6.45) is 3.19. The van der Waals surface area contributed by atoms with E-state index in [9.17, 15) is 9.59 Å². The fourth-order valence-electron chi connectivity index (χ4n) is 3.02. The maximum atomic E-state index is 11.4. The molecule has 14 heavy (non-hydrogen) atoms. The molecule has 78 valence electrons. The Morgan fingerprint density at radius 1 is 1.57 bits per heavy atom. The van der Waals surface area contributed by atoms with Gasteiger partial charge in [0.15, 0.2) is 0 Å². The lowest BCUT2D eigenvalue weighted by atomic mass is 9.74. The van der Waals surface area contributed by atoms with E-state index in [1.807, 2.05) is 4.90 Å². The molecule has 0 N–H and O–H groups in total. The van der Waals surface area contributed by atoms with Crippen LogP contribution in [0.2, 0.25) is 0 Å². The van der Waals surface area contributed by atoms with Gasteiger partial charge >= 0.3 is 0 Å². The molecule has 0 aromatic rings. The number of hydrogen-bond donors (Lipinski definition) is 0. The molecule has 0 spiro atoms. The van der Waals surface area contributed by atoms with Crippen molar-refractivity contribution in [3.05, 3.63) is 0 Å². The van der Waals surface area contributed by atoms with Gasteiger partial charge in [-0.05, 0) is 25.7 Å². The SMILES string of the molecule is CC(=O)N1CC[C@H]2CC(=O)CC[C@@]21C. The molecule has 0 bridgehead atoms. The molecule has 2 aliphatic rings. The van der Waals surface area contributed by atoms with E-state index in [2.05, 4.69) is 6.92 Å². The quantitative estimate of drug-likeness (QED) is 0.585. The fraction of sp³-hybridized carbons (Fsp3) is 0.818. The van der Waals surface area contributed by atoms with Gasteiger partial charge in [-0.2, -0.15) is 0 Å². The van der Waals surface area contributed by atoms with E-state index < -0.39 is 0 Å². The first kappa shape index (κ1) is 9.69. The number of fused-ring (bicyclic) bond motifs is 1. The molecule has 1 aliphatic heterocycles. The molecule has 0 aromatic heterocycles. The molecule has 0 aromatic carbocycles. The van der Waals surface area contributed by atoms with Crippen molar-refractivity contribution in [2.24, 2.45) is 5.92 Å². The number of ketones is 1. The van der Waals surface area contributed by atoms with E-state index >= 15 is 0 Å². The number of rotatable bonds is 0. The van der Waals surface area contributed by atoms with Gasteiger partial charge < -0.3 is 4.90 Å². The lowest BCUT2D eigenvalue weighted by Gasteiger charge is -2.41. The van der Waals surface area contributed by atoms with Gasteiger partial charge in [0.05, 0.1) is 0 Å². The summed E-state index contributed by atoms with van der Waals surface area (Å²) in [6.45, 7) is 4.60. The molecule has 1 amide bonds. The van der Waals surface area contributed by atoms with Gasteiger partial charge in [-0.3, -0.25) is 9.59 Å². The highest BCUT2D eigenvalue weighted by atomic mass is 16.2. The average Bonchev–Trinajstić information content (AvgIpc) is 2.43. The van der Waals surface area contributed by atoms with Gasteiger partial charge in [-0.25, -0.2) is 0 Å². The van der Waals surface area contributed by atoms with Crippen LogP contribution in [0.4, 0.5) is 0 Å². The Hall–Kier alpha value is -0.860. The third kappa shape index (κ3) is 1.26. The van der Waals surface area contributed by atoms with Crippen LogP contribution in [0.15, 0.2) is 0 Å². The first-order valence-corrected chi connectivity index (χ1v) is 5.34. The standard InChI is InChI=1S/C11H17NO2/c1-8(13)12-6-4-9-7-10(14)3-5-11(9,12)2/h9H,3-7H2,1-2H3/t9-,11-/m0/s1. The average molecular weight is 195 g/mol. The molecule has 0 radical (unpaired) electrons. The highest BCUT2D eigenvalue weighted by molar-refractivity contribution is 5.81. The number of Topliss-reactive ketones (excluding diaryl/α,β-unsaturated/α-hetero) is 1. The summed E-state index contributed by atoms with van der Waals surface area (Å²) in [6, 6.07) is 0. The summed E-state index contributed by atoms with van der Waals surface area (Å²) >= 11 is 0. The first-order valence-electron chi connectivity index (χ1n) is 5.34. The lowest BCUT2D eigenvalue weighted by molar-refractivity contribution is -0.137. The molecule has 1 saturated heterocycles. The van der Waals surface area contributed by atoms with E-state index in [-0.39, 0.29) is 11.4 Å². The van der Waals surface area contributed by atoms with E-state index in [0.29, 0.717) is 24.5 Å². The summed E-state index contributed by atoms with van der Waals surface area (Å²) in [5.74, 6) is 0.940. The van der Waals surface area contributed by atoms with Crippen molar-refractivity contribution >= 4 is 11.7 Å². The third-order valence-electron chi connectivity index (χ3n) is 3.96. The second-order valence-electron chi connectivity index (χ2n) is 4.76. The zero-order valence-electron chi connectivity index (χ0n) is 8.88. The normalized spacial score (nSPS) is 37.1. The monoisotopic (exact) mass is 195 g/mol. The maximum Gasteiger partial charge on any atom is 0.219 e. The Labute approximate surface area is 84.5 Å². The molecule has 2 atom stereocenters. The van der Waals surface area contributed by atoms with Crippen LogP contribution in [-0.4, -0.2) is 28.7 Å². The van der Waals surface area contributed by atoms with Crippen LogP contribution in [0.1, 0.15) is 39.5 Å². The van der Waals surface area contributed by atoms with Gasteiger partial charge in [-0.1, -0.05) is 0 Å². The van der Waals surface area contributed by atoms with Crippen molar-refractivity contribution < 1.29 is 9.59 Å². The van der Waals surface area contributed by atoms with Crippen LogP contribution >= 0.6 is 0 Å². The van der Waals surface area contributed by atoms with Gasteiger partial charge in [0.2, 0.25) is 5.91 Å². The Bertz CT molecular complexity index is 287. The van der Waals surface area contributed by atoms with E-state index in [4.69, 9.17) is 0 Å². The molecule has 0 unspecified atom stereocenters. The van der Waals surface area contributed by atoms with Crippen LogP contribution in [0.5, 0.6) is 0 Å². The predicted molar refractivity (Wildman–Crippen MR) is 52.8 cm³/mol.